The van der Waals surface area contributed by atoms with Gasteiger partial charge in [-0.1, -0.05) is 6.07 Å². The van der Waals surface area contributed by atoms with Gasteiger partial charge >= 0.3 is 0 Å². The minimum absolute atomic E-state index is 0.0152. The third-order valence-electron chi connectivity index (χ3n) is 7.49. The van der Waals surface area contributed by atoms with Crippen LogP contribution >= 0.6 is 11.3 Å². The van der Waals surface area contributed by atoms with E-state index in [2.05, 4.69) is 15.1 Å². The van der Waals surface area contributed by atoms with Gasteiger partial charge in [0.1, 0.15) is 22.3 Å². The monoisotopic (exact) mass is 553 g/mol. The number of nitrogens with zero attached hydrogens (tertiary/aromatic N) is 6. The Morgan fingerprint density at radius 1 is 1.16 bits per heavy atom. The summed E-state index contributed by atoms with van der Waals surface area (Å²) in [6, 6.07) is 3.66. The molecular weight excluding hydrogens is 526 g/mol. The summed E-state index contributed by atoms with van der Waals surface area (Å²) in [7, 11) is -3.73. The molecule has 0 spiro atoms. The van der Waals surface area contributed by atoms with Gasteiger partial charge in [0.2, 0.25) is 5.91 Å². The quantitative estimate of drug-likeness (QED) is 0.379. The van der Waals surface area contributed by atoms with Crippen molar-refractivity contribution in [3.63, 3.8) is 0 Å². The van der Waals surface area contributed by atoms with Gasteiger partial charge in [0.25, 0.3) is 0 Å². The number of nitrogen functional groups attached to an aromatic ring is 1. The van der Waals surface area contributed by atoms with Crippen molar-refractivity contribution in [1.82, 2.24) is 29.5 Å². The highest BCUT2D eigenvalue weighted by atomic mass is 32.2. The number of aryl methyl sites for hydroxylation is 1. The first-order chi connectivity index (χ1) is 18.2. The van der Waals surface area contributed by atoms with E-state index < -0.39 is 16.4 Å². The van der Waals surface area contributed by atoms with Crippen LogP contribution in [0.4, 0.5) is 5.82 Å². The maximum absolute atomic E-state index is 12.9. The number of anilines is 1. The van der Waals surface area contributed by atoms with Gasteiger partial charge in [-0.3, -0.25) is 9.78 Å². The molecule has 3 N–H and O–H groups in total. The summed E-state index contributed by atoms with van der Waals surface area (Å²) in [5.41, 5.74) is 9.52. The summed E-state index contributed by atoms with van der Waals surface area (Å²) >= 11 is 1.56. The number of fused-ring (bicyclic) bond motifs is 3. The Kier molecular flexibility index (Phi) is 5.96. The predicted molar refractivity (Wildman–Crippen MR) is 142 cm³/mol. The normalized spacial score (nSPS) is 21.3. The molecule has 2 bridgehead atoms. The van der Waals surface area contributed by atoms with Crippen molar-refractivity contribution < 1.29 is 18.3 Å². The van der Waals surface area contributed by atoms with Crippen LogP contribution in [0.1, 0.15) is 42.2 Å². The number of rotatable bonds is 5. The third kappa shape index (κ3) is 4.05. The van der Waals surface area contributed by atoms with E-state index in [4.69, 9.17) is 10.7 Å². The molecule has 4 aromatic rings. The second-order valence-corrected chi connectivity index (χ2v) is 13.2. The molecule has 0 unspecified atom stereocenters. The van der Waals surface area contributed by atoms with Crippen LogP contribution in [0.2, 0.25) is 0 Å². The van der Waals surface area contributed by atoms with E-state index in [9.17, 15) is 18.3 Å². The first-order valence-corrected chi connectivity index (χ1v) is 15.0. The number of amides is 1. The lowest BCUT2D eigenvalue weighted by atomic mass is 9.87. The molecule has 2 fully saturated rings. The fourth-order valence-electron chi connectivity index (χ4n) is 5.92. The maximum atomic E-state index is 12.9. The van der Waals surface area contributed by atoms with Crippen molar-refractivity contribution in [2.45, 2.75) is 55.5 Å². The molecule has 0 aliphatic carbocycles. The molecule has 2 aliphatic rings. The van der Waals surface area contributed by atoms with Gasteiger partial charge in [0.05, 0.1) is 17.6 Å². The highest BCUT2D eigenvalue weighted by molar-refractivity contribution is 7.91. The van der Waals surface area contributed by atoms with Crippen LogP contribution in [0.15, 0.2) is 35.6 Å². The Labute approximate surface area is 223 Å². The van der Waals surface area contributed by atoms with E-state index in [1.165, 1.54) is 4.52 Å². The Bertz CT molecular complexity index is 1650. The molecule has 11 nitrogen and oxygen atoms in total. The molecule has 6 heterocycles. The van der Waals surface area contributed by atoms with Crippen molar-refractivity contribution in [1.29, 1.82) is 0 Å². The van der Waals surface area contributed by atoms with E-state index in [1.54, 1.807) is 28.6 Å². The number of carbonyl (C=O) groups excluding carboxylic acids is 1. The van der Waals surface area contributed by atoms with Crippen LogP contribution < -0.4 is 5.73 Å². The first-order valence-electron chi connectivity index (χ1n) is 12.3. The fourth-order valence-corrected chi connectivity index (χ4v) is 7.72. The average Bonchev–Trinajstić information content (AvgIpc) is 3.58. The van der Waals surface area contributed by atoms with Gasteiger partial charge in [-0.25, -0.2) is 18.4 Å². The van der Waals surface area contributed by atoms with Crippen molar-refractivity contribution >= 4 is 38.5 Å². The number of nitrogens with two attached hydrogens (primary N) is 1. The first kappa shape index (κ1) is 24.9. The second kappa shape index (κ2) is 9.10. The summed E-state index contributed by atoms with van der Waals surface area (Å²) in [4.78, 5) is 29.0. The summed E-state index contributed by atoms with van der Waals surface area (Å²) in [6.07, 6.45) is 9.02. The van der Waals surface area contributed by atoms with E-state index in [0.29, 0.717) is 29.7 Å². The minimum Gasteiger partial charge on any atom is -0.387 e. The standard InChI is InChI=1S/C25H27N7O4S2/c1-13-9-28-25(37-13)19-6-3-14(10-27-19)18-11-29-32-23(26)22(38(2,35)36)21(30-24(18)32)15-7-16-4-5-17(8-15)31(16)20(34)12-33/h3,6,9-11,15-17,33H,4-5,7-8,12,26H2,1-2H3/t15-,16+,17-. The lowest BCUT2D eigenvalue weighted by molar-refractivity contribution is -0.138. The van der Waals surface area contributed by atoms with Gasteiger partial charge in [-0.2, -0.15) is 9.61 Å². The van der Waals surface area contributed by atoms with Crippen molar-refractivity contribution in [2.24, 2.45) is 0 Å². The Hall–Kier alpha value is -3.42. The van der Waals surface area contributed by atoms with Gasteiger partial charge < -0.3 is 15.7 Å². The molecule has 3 atom stereocenters. The Morgan fingerprint density at radius 2 is 1.89 bits per heavy atom. The van der Waals surface area contributed by atoms with Crippen LogP contribution in [-0.2, 0) is 14.6 Å². The number of carbonyl (C=O) groups is 1. The number of piperidine rings is 1. The van der Waals surface area contributed by atoms with Crippen LogP contribution in [0.5, 0.6) is 0 Å². The number of hydrogen-bond acceptors (Lipinski definition) is 10. The van der Waals surface area contributed by atoms with Gasteiger partial charge in [-0.05, 0) is 38.7 Å². The van der Waals surface area contributed by atoms with Crippen molar-refractivity contribution in [3.8, 4) is 21.8 Å². The average molecular weight is 554 g/mol. The number of aliphatic hydroxyl groups is 1. The van der Waals surface area contributed by atoms with E-state index in [1.807, 2.05) is 25.3 Å². The van der Waals surface area contributed by atoms with Crippen LogP contribution in [0.25, 0.3) is 27.5 Å². The van der Waals surface area contributed by atoms with Gasteiger partial charge in [0.15, 0.2) is 15.5 Å². The molecule has 38 heavy (non-hydrogen) atoms. The topological polar surface area (TPSA) is 157 Å². The largest absolute Gasteiger partial charge is 0.387 e. The zero-order valence-electron chi connectivity index (χ0n) is 20.9. The lowest BCUT2D eigenvalue weighted by Gasteiger charge is -2.39. The molecule has 0 saturated carbocycles. The van der Waals surface area contributed by atoms with Crippen LogP contribution in [-0.4, -0.2) is 73.8 Å². The van der Waals surface area contributed by atoms with E-state index >= 15 is 0 Å². The maximum Gasteiger partial charge on any atom is 0.248 e. The molecule has 2 saturated heterocycles. The molecule has 198 valence electrons. The molecule has 0 aromatic carbocycles. The molecule has 6 rings (SSSR count). The highest BCUT2D eigenvalue weighted by Gasteiger charge is 2.45. The van der Waals surface area contributed by atoms with Gasteiger partial charge in [-0.15, -0.1) is 11.3 Å². The number of sulfone groups is 1. The Balaban J connectivity index is 1.44. The molecule has 0 radical (unpaired) electrons. The highest BCUT2D eigenvalue weighted by Crippen LogP contribution is 2.45. The third-order valence-corrected chi connectivity index (χ3v) is 9.59. The number of thiazole rings is 1. The van der Waals surface area contributed by atoms with E-state index in [-0.39, 0.29) is 34.6 Å². The number of hydrogen-bond donors (Lipinski definition) is 2. The fraction of sp³-hybridized carbons (Fsp3) is 0.400. The summed E-state index contributed by atoms with van der Waals surface area (Å²) in [5.74, 6) is -0.476. The lowest BCUT2D eigenvalue weighted by Crippen LogP contribution is -2.47. The van der Waals surface area contributed by atoms with Gasteiger partial charge in [0, 0.05) is 52.7 Å². The second-order valence-electron chi connectivity index (χ2n) is 10.00. The number of aliphatic hydroxyl groups excluding tert-OH is 1. The zero-order valence-corrected chi connectivity index (χ0v) is 22.5. The summed E-state index contributed by atoms with van der Waals surface area (Å²) in [6.45, 7) is 1.46. The summed E-state index contributed by atoms with van der Waals surface area (Å²) in [5, 5.41) is 14.6. The molecule has 2 aliphatic heterocycles. The molecule has 1 amide bonds. The smallest absolute Gasteiger partial charge is 0.248 e. The number of aromatic nitrogens is 5. The van der Waals surface area contributed by atoms with Crippen LogP contribution in [0, 0.1) is 6.92 Å². The molecule has 13 heteroatoms. The Morgan fingerprint density at radius 3 is 2.47 bits per heavy atom. The zero-order chi connectivity index (χ0) is 26.8. The predicted octanol–water partition coefficient (Wildman–Crippen LogP) is 2.44. The van der Waals surface area contributed by atoms with Crippen LogP contribution in [0.3, 0.4) is 0 Å². The molecular formula is C25H27N7O4S2. The number of pyridine rings is 1. The SMILES string of the molecule is Cc1cnc(-c2ccc(-c3cnn4c(N)c(S(C)(=O)=O)c([C@H]5C[C@H]6CC[C@@H](C5)N6C(=O)CO)nc34)cn2)s1. The minimum atomic E-state index is -3.73. The summed E-state index contributed by atoms with van der Waals surface area (Å²) < 4.78 is 27.2. The van der Waals surface area contributed by atoms with Crippen molar-refractivity contribution in [2.75, 3.05) is 18.6 Å². The molecule has 4 aromatic heterocycles. The van der Waals surface area contributed by atoms with Crippen molar-refractivity contribution in [3.05, 3.63) is 41.3 Å². The van der Waals surface area contributed by atoms with E-state index in [0.717, 1.165) is 40.2 Å².